The fourth-order valence-electron chi connectivity index (χ4n) is 11.1. The Kier molecular flexibility index (Phi) is 65.2. The molecule has 0 spiro atoms. The van der Waals surface area contributed by atoms with E-state index in [0.29, 0.717) is 25.7 Å². The standard InChI is InChI=1S/C77H140O7/c1-5-9-13-17-21-25-29-33-37-41-45-49-53-57-61-65-73(78)69-77(70-82-74(79)66-62-58-54-50-46-42-38-34-30-26-22-18-14-10-6-2,71-83-75(80)67-63-59-55-51-47-43-39-35-31-27-23-19-15-11-7-3)72-84-76(81)68-64-60-56-52-48-44-40-36-32-28-24-20-16-12-8-4/h33-40H,5-32,41-72H2,1-4H3/b37-33+,38-34-,39-35-,40-36+. The van der Waals surface area contributed by atoms with Crippen molar-refractivity contribution in [2.45, 2.75) is 394 Å². The molecule has 0 fully saturated rings. The number of carbonyl (C=O) groups excluding carboxylic acids is 4. The number of allylic oxidation sites excluding steroid dienone is 8. The second-order valence-electron chi connectivity index (χ2n) is 25.5. The highest BCUT2D eigenvalue weighted by atomic mass is 16.6. The number of rotatable bonds is 68. The molecule has 0 radical (unpaired) electrons. The molecule has 0 bridgehead atoms. The van der Waals surface area contributed by atoms with Crippen molar-refractivity contribution >= 4 is 23.7 Å². The smallest absolute Gasteiger partial charge is 0.305 e. The fourth-order valence-corrected chi connectivity index (χ4v) is 11.1. The third-order valence-corrected chi connectivity index (χ3v) is 16.8. The fraction of sp³-hybridized carbons (Fsp3) is 0.844. The monoisotopic (exact) mass is 1180 g/mol. The van der Waals surface area contributed by atoms with Gasteiger partial charge in [0.2, 0.25) is 0 Å². The Labute approximate surface area is 522 Å². The maximum Gasteiger partial charge on any atom is 0.305 e. The van der Waals surface area contributed by atoms with Gasteiger partial charge in [0, 0.05) is 32.1 Å². The van der Waals surface area contributed by atoms with Crippen molar-refractivity contribution in [1.29, 1.82) is 0 Å². The van der Waals surface area contributed by atoms with Gasteiger partial charge < -0.3 is 14.2 Å². The van der Waals surface area contributed by atoms with Gasteiger partial charge in [-0.2, -0.15) is 0 Å². The van der Waals surface area contributed by atoms with Crippen molar-refractivity contribution in [1.82, 2.24) is 0 Å². The normalized spacial score (nSPS) is 12.0. The quantitative estimate of drug-likeness (QED) is 0.0259. The molecule has 0 aliphatic carbocycles. The van der Waals surface area contributed by atoms with Crippen LogP contribution >= 0.6 is 0 Å². The van der Waals surface area contributed by atoms with E-state index in [2.05, 4.69) is 76.3 Å². The van der Waals surface area contributed by atoms with Crippen molar-refractivity contribution in [2.75, 3.05) is 19.8 Å². The number of hydrogen-bond donors (Lipinski definition) is 0. The van der Waals surface area contributed by atoms with Gasteiger partial charge in [-0.05, 0) is 128 Å². The molecule has 0 aliphatic heterocycles. The summed E-state index contributed by atoms with van der Waals surface area (Å²) in [6.45, 7) is 8.68. The number of carbonyl (C=O) groups is 4. The Bertz CT molecular complexity index is 1410. The van der Waals surface area contributed by atoms with E-state index < -0.39 is 5.41 Å². The number of ether oxygens (including phenoxy) is 3. The molecule has 7 heteroatoms. The van der Waals surface area contributed by atoms with Crippen LogP contribution < -0.4 is 0 Å². The molecule has 0 aliphatic rings. The van der Waals surface area contributed by atoms with Crippen molar-refractivity contribution in [3.05, 3.63) is 48.6 Å². The Hall–Kier alpha value is -2.96. The van der Waals surface area contributed by atoms with Gasteiger partial charge in [0.1, 0.15) is 25.6 Å². The lowest BCUT2D eigenvalue weighted by Gasteiger charge is -2.32. The van der Waals surface area contributed by atoms with Crippen molar-refractivity contribution in [3.8, 4) is 0 Å². The third kappa shape index (κ3) is 62.1. The van der Waals surface area contributed by atoms with Crippen LogP contribution in [0.25, 0.3) is 0 Å². The summed E-state index contributed by atoms with van der Waals surface area (Å²) in [7, 11) is 0. The molecule has 0 aromatic rings. The maximum absolute atomic E-state index is 14.0. The van der Waals surface area contributed by atoms with Crippen LogP contribution in [0, 0.1) is 5.41 Å². The molecule has 84 heavy (non-hydrogen) atoms. The van der Waals surface area contributed by atoms with Gasteiger partial charge in [0.05, 0.1) is 5.41 Å². The Morgan fingerprint density at radius 1 is 0.238 bits per heavy atom. The summed E-state index contributed by atoms with van der Waals surface area (Å²) in [5.74, 6) is -0.926. The second kappa shape index (κ2) is 67.5. The van der Waals surface area contributed by atoms with Gasteiger partial charge in [-0.25, -0.2) is 0 Å². The van der Waals surface area contributed by atoms with Gasteiger partial charge in [0.25, 0.3) is 0 Å². The summed E-state index contributed by atoms with van der Waals surface area (Å²) >= 11 is 0. The summed E-state index contributed by atoms with van der Waals surface area (Å²) in [5, 5.41) is 0. The Balaban J connectivity index is 5.52. The van der Waals surface area contributed by atoms with E-state index in [-0.39, 0.29) is 49.9 Å². The van der Waals surface area contributed by atoms with Crippen molar-refractivity contribution in [3.63, 3.8) is 0 Å². The van der Waals surface area contributed by atoms with Crippen molar-refractivity contribution in [2.24, 2.45) is 5.41 Å². The molecule has 490 valence electrons. The highest BCUT2D eigenvalue weighted by molar-refractivity contribution is 5.79. The molecule has 0 aromatic heterocycles. The predicted octanol–water partition coefficient (Wildman–Crippen LogP) is 24.7. The predicted molar refractivity (Wildman–Crippen MR) is 363 cm³/mol. The summed E-state index contributed by atoms with van der Waals surface area (Å²) in [6, 6.07) is 0. The Morgan fingerprint density at radius 3 is 0.631 bits per heavy atom. The summed E-state index contributed by atoms with van der Waals surface area (Å²) < 4.78 is 18.0. The van der Waals surface area contributed by atoms with Gasteiger partial charge in [-0.3, -0.25) is 19.2 Å². The lowest BCUT2D eigenvalue weighted by molar-refractivity contribution is -0.164. The Morgan fingerprint density at radius 2 is 0.417 bits per heavy atom. The van der Waals surface area contributed by atoms with Crippen LogP contribution in [0.5, 0.6) is 0 Å². The van der Waals surface area contributed by atoms with Crippen LogP contribution in [-0.2, 0) is 33.4 Å². The molecule has 0 saturated carbocycles. The van der Waals surface area contributed by atoms with Crippen LogP contribution in [0.3, 0.4) is 0 Å². The van der Waals surface area contributed by atoms with Crippen LogP contribution in [-0.4, -0.2) is 43.5 Å². The SMILES string of the molecule is CCCCCCCC/C=C\CCCCCCCC(=O)OCC(COC(=O)CCCCCCC/C=C\CCCCCCCC)(COC(=O)CCCCCCC/C=C/CCCCCCCC)CC(=O)CCCCCCC/C=C/CCCCCCCC. The van der Waals surface area contributed by atoms with Crippen LogP contribution in [0.4, 0.5) is 0 Å². The van der Waals surface area contributed by atoms with E-state index in [0.717, 1.165) is 154 Å². The number of ketones is 1. The highest BCUT2D eigenvalue weighted by Gasteiger charge is 2.38. The lowest BCUT2D eigenvalue weighted by Crippen LogP contribution is -2.41. The van der Waals surface area contributed by atoms with E-state index in [1.807, 2.05) is 0 Å². The van der Waals surface area contributed by atoms with Gasteiger partial charge in [-0.15, -0.1) is 0 Å². The topological polar surface area (TPSA) is 96.0 Å². The largest absolute Gasteiger partial charge is 0.465 e. The molecule has 0 N–H and O–H groups in total. The number of unbranched alkanes of at least 4 members (excludes halogenated alkanes) is 44. The molecule has 0 saturated heterocycles. The van der Waals surface area contributed by atoms with E-state index in [4.69, 9.17) is 14.2 Å². The zero-order valence-corrected chi connectivity index (χ0v) is 56.4. The average Bonchev–Trinajstić information content (AvgIpc) is 3.69. The molecule has 0 heterocycles. The minimum absolute atomic E-state index is 0.0262. The maximum atomic E-state index is 14.0. The second-order valence-corrected chi connectivity index (χ2v) is 25.5. The van der Waals surface area contributed by atoms with E-state index in [1.54, 1.807) is 0 Å². The molecule has 0 atom stereocenters. The molecule has 7 nitrogen and oxygen atoms in total. The minimum atomic E-state index is -1.15. The molecule has 0 amide bonds. The van der Waals surface area contributed by atoms with Gasteiger partial charge in [-0.1, -0.05) is 282 Å². The lowest BCUT2D eigenvalue weighted by atomic mass is 9.83. The minimum Gasteiger partial charge on any atom is -0.465 e. The van der Waals surface area contributed by atoms with Crippen LogP contribution in [0.2, 0.25) is 0 Å². The number of hydrogen-bond acceptors (Lipinski definition) is 7. The molecule has 0 aromatic carbocycles. The molecular weight excluding hydrogens is 1040 g/mol. The first-order chi connectivity index (χ1) is 41.3. The van der Waals surface area contributed by atoms with Gasteiger partial charge >= 0.3 is 17.9 Å². The zero-order valence-electron chi connectivity index (χ0n) is 56.4. The molecular formula is C77H140O7. The van der Waals surface area contributed by atoms with E-state index >= 15 is 0 Å². The van der Waals surface area contributed by atoms with E-state index in [9.17, 15) is 19.2 Å². The average molecular weight is 1180 g/mol. The number of esters is 3. The summed E-state index contributed by atoms with van der Waals surface area (Å²) in [6.07, 6.45) is 81.6. The first-order valence-electron chi connectivity index (χ1n) is 36.9. The third-order valence-electron chi connectivity index (χ3n) is 16.8. The van der Waals surface area contributed by atoms with Crippen LogP contribution in [0.15, 0.2) is 48.6 Å². The summed E-state index contributed by atoms with van der Waals surface area (Å²) in [4.78, 5) is 54.2. The van der Waals surface area contributed by atoms with Crippen LogP contribution in [0.1, 0.15) is 394 Å². The van der Waals surface area contributed by atoms with Crippen molar-refractivity contribution < 1.29 is 33.4 Å². The molecule has 0 unspecified atom stereocenters. The first-order valence-corrected chi connectivity index (χ1v) is 36.9. The zero-order chi connectivity index (χ0) is 61.0. The molecule has 0 rings (SSSR count). The summed E-state index contributed by atoms with van der Waals surface area (Å²) in [5.41, 5.74) is -1.15. The highest BCUT2D eigenvalue weighted by Crippen LogP contribution is 2.28. The van der Waals surface area contributed by atoms with Gasteiger partial charge in [0.15, 0.2) is 0 Å². The first kappa shape index (κ1) is 81.0. The number of Topliss-reactive ketones (excluding diaryl/α,β-unsaturated/α-hetero) is 1. The van der Waals surface area contributed by atoms with E-state index in [1.165, 1.54) is 180 Å².